The number of carbonyl (C=O) groups is 1. The zero-order chi connectivity index (χ0) is 26.6. The molecule has 202 valence electrons. The van der Waals surface area contributed by atoms with E-state index < -0.39 is 5.92 Å². The molecule has 1 amide bonds. The topological polar surface area (TPSA) is 70.6 Å². The van der Waals surface area contributed by atoms with Gasteiger partial charge < -0.3 is 19.9 Å². The minimum absolute atomic E-state index is 0.0123. The maximum absolute atomic E-state index is 14.7. The Kier molecular flexibility index (Phi) is 8.75. The summed E-state index contributed by atoms with van der Waals surface area (Å²) < 4.78 is 34.8. The van der Waals surface area contributed by atoms with Crippen molar-refractivity contribution in [3.05, 3.63) is 52.5 Å². The van der Waals surface area contributed by atoms with Crippen LogP contribution in [0.3, 0.4) is 0 Å². The molecule has 1 fully saturated rings. The van der Waals surface area contributed by atoms with Crippen molar-refractivity contribution in [3.63, 3.8) is 0 Å². The predicted octanol–water partition coefficient (Wildman–Crippen LogP) is 4.36. The fourth-order valence-electron chi connectivity index (χ4n) is 5.28. The third kappa shape index (κ3) is 7.02. The number of hydrogen-bond donors (Lipinski definition) is 1. The van der Waals surface area contributed by atoms with Crippen LogP contribution in [0, 0.1) is 12.8 Å². The lowest BCUT2D eigenvalue weighted by molar-refractivity contribution is -0.135. The quantitative estimate of drug-likeness (QED) is 0.535. The number of aryl methyl sites for hydroxylation is 2. The highest BCUT2D eigenvalue weighted by atomic mass is 19.3. The van der Waals surface area contributed by atoms with Crippen LogP contribution in [0.4, 0.5) is 14.6 Å². The number of halogens is 2. The van der Waals surface area contributed by atoms with E-state index in [-0.39, 0.29) is 24.1 Å². The van der Waals surface area contributed by atoms with E-state index >= 15 is 0 Å². The molecule has 2 atom stereocenters. The average molecular weight is 516 g/mol. The lowest BCUT2D eigenvalue weighted by atomic mass is 9.83. The van der Waals surface area contributed by atoms with Crippen molar-refractivity contribution >= 4 is 11.7 Å². The Bertz CT molecular complexity index is 1090. The smallest absolute Gasteiger partial charge is 0.285 e. The first-order chi connectivity index (χ1) is 17.6. The Morgan fingerprint density at radius 2 is 2.03 bits per heavy atom. The highest BCUT2D eigenvalue weighted by Gasteiger charge is 2.33. The lowest BCUT2D eigenvalue weighted by Gasteiger charge is -2.29. The van der Waals surface area contributed by atoms with E-state index in [0.29, 0.717) is 44.5 Å². The van der Waals surface area contributed by atoms with Gasteiger partial charge in [0.1, 0.15) is 11.6 Å². The first-order valence-electron chi connectivity index (χ1n) is 13.2. The number of aromatic nitrogens is 2. The molecule has 0 bridgehead atoms. The number of hydrogen-bond acceptors (Lipinski definition) is 6. The molecule has 0 saturated carbocycles. The molecule has 0 radical (unpaired) electrons. The zero-order valence-corrected chi connectivity index (χ0v) is 22.4. The van der Waals surface area contributed by atoms with E-state index in [4.69, 9.17) is 9.72 Å². The summed E-state index contributed by atoms with van der Waals surface area (Å²) in [6.45, 7) is 6.08. The van der Waals surface area contributed by atoms with Crippen LogP contribution in [0.15, 0.2) is 24.3 Å². The van der Waals surface area contributed by atoms with Crippen LogP contribution in [0.2, 0.25) is 0 Å². The van der Waals surface area contributed by atoms with E-state index in [1.54, 1.807) is 26.2 Å². The number of carbonyl (C=O) groups excluding carboxylic acids is 1. The van der Waals surface area contributed by atoms with Crippen molar-refractivity contribution in [2.75, 3.05) is 52.3 Å². The molecule has 1 unspecified atom stereocenters. The van der Waals surface area contributed by atoms with Crippen LogP contribution >= 0.6 is 0 Å². The third-order valence-electron chi connectivity index (χ3n) is 7.29. The van der Waals surface area contributed by atoms with Crippen LogP contribution in [-0.4, -0.2) is 72.6 Å². The van der Waals surface area contributed by atoms with Crippen molar-refractivity contribution in [2.45, 2.75) is 57.9 Å². The van der Waals surface area contributed by atoms with Gasteiger partial charge in [-0.3, -0.25) is 4.79 Å². The summed E-state index contributed by atoms with van der Waals surface area (Å²) in [5.41, 5.74) is 2.92. The molecule has 2 aromatic rings. The standard InChI is InChI=1S/C28H39F2N5O2/c1-19(22-6-5-7-23(17-22)28(29,30)18-34(3)4)31-27-24-16-21(8-10-25(24)32-20(2)33-27)9-11-26(36)35-12-14-37-15-13-35/h5-7,17,19,21H,8-16,18H2,1-4H3,(H,31,32,33)/t19-,21?/m1/s1. The molecule has 9 heteroatoms. The number of rotatable bonds is 9. The molecule has 37 heavy (non-hydrogen) atoms. The maximum atomic E-state index is 14.7. The summed E-state index contributed by atoms with van der Waals surface area (Å²) >= 11 is 0. The van der Waals surface area contributed by atoms with E-state index in [2.05, 4.69) is 10.3 Å². The molecule has 0 spiro atoms. The Balaban J connectivity index is 1.45. The molecule has 2 aliphatic rings. The molecule has 1 aromatic heterocycles. The monoisotopic (exact) mass is 515 g/mol. The first-order valence-corrected chi connectivity index (χ1v) is 13.2. The fourth-order valence-corrected chi connectivity index (χ4v) is 5.28. The molecule has 4 rings (SSSR count). The van der Waals surface area contributed by atoms with Crippen LogP contribution in [0.1, 0.15) is 60.4 Å². The number of amides is 1. The van der Waals surface area contributed by atoms with Gasteiger partial charge in [-0.2, -0.15) is 8.78 Å². The van der Waals surface area contributed by atoms with E-state index in [9.17, 15) is 13.6 Å². The summed E-state index contributed by atoms with van der Waals surface area (Å²) in [5.74, 6) is -0.888. The van der Waals surface area contributed by atoms with Crippen LogP contribution in [0.5, 0.6) is 0 Å². The van der Waals surface area contributed by atoms with Gasteiger partial charge in [-0.25, -0.2) is 9.97 Å². The Hall–Kier alpha value is -2.65. The van der Waals surface area contributed by atoms with Gasteiger partial charge in [0, 0.05) is 42.4 Å². The number of ether oxygens (including phenoxy) is 1. The van der Waals surface area contributed by atoms with Crippen molar-refractivity contribution < 1.29 is 18.3 Å². The second-order valence-corrected chi connectivity index (χ2v) is 10.6. The van der Waals surface area contributed by atoms with Gasteiger partial charge in [-0.05, 0) is 71.2 Å². The van der Waals surface area contributed by atoms with Crippen LogP contribution in [-0.2, 0) is 28.3 Å². The molecular weight excluding hydrogens is 476 g/mol. The summed E-state index contributed by atoms with van der Waals surface area (Å²) in [6.07, 6.45) is 4.03. The SMILES string of the molecule is Cc1nc2c(c(N[C@H](C)c3cccc(C(F)(F)CN(C)C)c3)n1)CC(CCC(=O)N1CCOCC1)CC2. The van der Waals surface area contributed by atoms with Gasteiger partial charge in [0.2, 0.25) is 5.91 Å². The molecule has 1 saturated heterocycles. The Morgan fingerprint density at radius 3 is 2.76 bits per heavy atom. The lowest BCUT2D eigenvalue weighted by Crippen LogP contribution is -2.40. The second-order valence-electron chi connectivity index (χ2n) is 10.6. The van der Waals surface area contributed by atoms with Crippen molar-refractivity contribution in [3.8, 4) is 0 Å². The Labute approximate surface area is 218 Å². The van der Waals surface area contributed by atoms with E-state index in [1.165, 1.54) is 11.0 Å². The molecule has 1 aliphatic carbocycles. The number of nitrogens with zero attached hydrogens (tertiary/aromatic N) is 4. The number of fused-ring (bicyclic) bond motifs is 1. The predicted molar refractivity (Wildman–Crippen MR) is 140 cm³/mol. The zero-order valence-electron chi connectivity index (χ0n) is 22.4. The summed E-state index contributed by atoms with van der Waals surface area (Å²) in [4.78, 5) is 25.4. The van der Waals surface area contributed by atoms with Gasteiger partial charge in [-0.15, -0.1) is 0 Å². The molecule has 2 heterocycles. The van der Waals surface area contributed by atoms with Crippen LogP contribution < -0.4 is 5.32 Å². The van der Waals surface area contributed by atoms with Crippen molar-refractivity contribution in [2.24, 2.45) is 5.92 Å². The number of benzene rings is 1. The number of likely N-dealkylation sites (N-methyl/N-ethyl adjacent to an activating group) is 1. The highest BCUT2D eigenvalue weighted by Crippen LogP contribution is 2.34. The number of alkyl halides is 2. The van der Waals surface area contributed by atoms with E-state index in [0.717, 1.165) is 48.3 Å². The minimum atomic E-state index is -2.93. The fraction of sp³-hybridized carbons (Fsp3) is 0.607. The van der Waals surface area contributed by atoms with Gasteiger partial charge in [0.15, 0.2) is 0 Å². The van der Waals surface area contributed by atoms with Gasteiger partial charge in [0.25, 0.3) is 5.92 Å². The number of morpholine rings is 1. The molecule has 1 N–H and O–H groups in total. The Morgan fingerprint density at radius 1 is 1.27 bits per heavy atom. The highest BCUT2D eigenvalue weighted by molar-refractivity contribution is 5.76. The van der Waals surface area contributed by atoms with Gasteiger partial charge in [0.05, 0.1) is 19.8 Å². The normalized spacial score (nSPS) is 19.0. The number of anilines is 1. The van der Waals surface area contributed by atoms with Crippen molar-refractivity contribution in [1.29, 1.82) is 0 Å². The second kappa shape index (κ2) is 11.8. The number of nitrogens with one attached hydrogen (secondary N) is 1. The molecule has 1 aromatic carbocycles. The summed E-state index contributed by atoms with van der Waals surface area (Å²) in [6, 6.07) is 6.42. The van der Waals surface area contributed by atoms with Crippen LogP contribution in [0.25, 0.3) is 0 Å². The molecule has 7 nitrogen and oxygen atoms in total. The molecular formula is C28H39F2N5O2. The van der Waals surface area contributed by atoms with Gasteiger partial charge >= 0.3 is 0 Å². The largest absolute Gasteiger partial charge is 0.378 e. The first kappa shape index (κ1) is 27.4. The minimum Gasteiger partial charge on any atom is -0.378 e. The summed E-state index contributed by atoms with van der Waals surface area (Å²) in [7, 11) is 3.29. The average Bonchev–Trinajstić information content (AvgIpc) is 2.87. The van der Waals surface area contributed by atoms with Crippen molar-refractivity contribution in [1.82, 2.24) is 19.8 Å². The third-order valence-corrected chi connectivity index (χ3v) is 7.29. The molecule has 1 aliphatic heterocycles. The summed E-state index contributed by atoms with van der Waals surface area (Å²) in [5, 5.41) is 3.49. The maximum Gasteiger partial charge on any atom is 0.285 e. The van der Waals surface area contributed by atoms with E-state index in [1.807, 2.05) is 24.8 Å². The van der Waals surface area contributed by atoms with Gasteiger partial charge in [-0.1, -0.05) is 18.2 Å².